The van der Waals surface area contributed by atoms with Gasteiger partial charge in [-0.1, -0.05) is 6.08 Å². The van der Waals surface area contributed by atoms with Gasteiger partial charge >= 0.3 is 7.60 Å². The zero-order valence-corrected chi connectivity index (χ0v) is 19.7. The summed E-state index contributed by atoms with van der Waals surface area (Å²) >= 11 is 0. The highest BCUT2D eigenvalue weighted by Crippen LogP contribution is 2.54. The molecule has 0 aliphatic heterocycles. The molecule has 150 valence electrons. The zero-order valence-electron chi connectivity index (χ0n) is 16.8. The van der Waals surface area contributed by atoms with Gasteiger partial charge in [0.15, 0.2) is 28.1 Å². The number of nitrogens with zero attached hydrogens (tertiary/aromatic N) is 4. The molecule has 0 bridgehead atoms. The van der Waals surface area contributed by atoms with E-state index in [0.29, 0.717) is 24.1 Å². The number of rotatable bonds is 8. The molecule has 2 rings (SSSR count). The molecule has 27 heavy (non-hydrogen) atoms. The Morgan fingerprint density at radius 1 is 1.11 bits per heavy atom. The Labute approximate surface area is 162 Å². The number of aromatic nitrogens is 4. The third kappa shape index (κ3) is 6.54. The number of nitrogen functional groups attached to an aromatic ring is 2. The number of fused-ring (bicyclic) bond motifs is 1. The van der Waals surface area contributed by atoms with Gasteiger partial charge in [0.25, 0.3) is 0 Å². The van der Waals surface area contributed by atoms with Crippen molar-refractivity contribution in [2.24, 2.45) is 0 Å². The molecule has 2 aromatic heterocycles. The molecule has 12 heteroatoms. The van der Waals surface area contributed by atoms with Crippen molar-refractivity contribution in [2.75, 3.05) is 11.5 Å². The van der Waals surface area contributed by atoms with Crippen LogP contribution in [0.25, 0.3) is 11.2 Å². The van der Waals surface area contributed by atoms with E-state index in [0.717, 1.165) is 0 Å². The number of nitrogens with two attached hydrogens (primary N) is 2. The topological polar surface area (TPSA) is 131 Å². The van der Waals surface area contributed by atoms with Crippen LogP contribution in [0, 0.1) is 0 Å². The molecular weight excluding hydrogens is 399 g/mol. The van der Waals surface area contributed by atoms with Gasteiger partial charge in [0.1, 0.15) is 5.52 Å². The first-order chi connectivity index (χ1) is 12.3. The zero-order chi connectivity index (χ0) is 20.5. The molecule has 0 saturated carbocycles. The second-order valence-electron chi connectivity index (χ2n) is 8.20. The lowest BCUT2D eigenvalue weighted by molar-refractivity contribution is 0.395. The Bertz CT molecular complexity index is 868. The van der Waals surface area contributed by atoms with Crippen LogP contribution in [0.15, 0.2) is 18.2 Å². The monoisotopic (exact) mass is 428 g/mol. The highest BCUT2D eigenvalue weighted by atomic mass is 31.2. The summed E-state index contributed by atoms with van der Waals surface area (Å²) in [5, 5.41) is 0. The predicted molar refractivity (Wildman–Crippen MR) is 114 cm³/mol. The van der Waals surface area contributed by atoms with Gasteiger partial charge in [0.2, 0.25) is 5.95 Å². The molecule has 0 aliphatic rings. The molecule has 0 unspecified atom stereocenters. The largest absolute Gasteiger partial charge is 0.382 e. The lowest BCUT2D eigenvalue weighted by Crippen LogP contribution is -2.29. The van der Waals surface area contributed by atoms with Crippen molar-refractivity contribution in [3.8, 4) is 0 Å². The molecule has 0 aliphatic carbocycles. The van der Waals surface area contributed by atoms with Gasteiger partial charge in [0, 0.05) is 12.4 Å². The molecule has 2 heterocycles. The molecule has 0 amide bonds. The Hall–Kier alpha value is -1.53. The summed E-state index contributed by atoms with van der Waals surface area (Å²) in [7, 11) is -7.34. The summed E-state index contributed by atoms with van der Waals surface area (Å²) in [5.41, 5.74) is 12.6. The van der Waals surface area contributed by atoms with E-state index in [2.05, 4.69) is 15.0 Å². The quantitative estimate of drug-likeness (QED) is 0.479. The van der Waals surface area contributed by atoms with Crippen LogP contribution in [0.1, 0.15) is 6.42 Å². The van der Waals surface area contributed by atoms with E-state index in [1.165, 1.54) is 0 Å². The van der Waals surface area contributed by atoms with Crippen molar-refractivity contribution >= 4 is 47.2 Å². The number of anilines is 2. The van der Waals surface area contributed by atoms with Gasteiger partial charge in [-0.2, -0.15) is 9.97 Å². The van der Waals surface area contributed by atoms with Crippen LogP contribution < -0.4 is 11.5 Å². The summed E-state index contributed by atoms with van der Waals surface area (Å²) in [4.78, 5) is 12.3. The van der Waals surface area contributed by atoms with Crippen LogP contribution >= 0.6 is 7.60 Å². The summed E-state index contributed by atoms with van der Waals surface area (Å²) in [6, 6.07) is 0. The number of imidazole rings is 1. The van der Waals surface area contributed by atoms with Crippen molar-refractivity contribution in [1.82, 2.24) is 19.5 Å². The van der Waals surface area contributed by atoms with Gasteiger partial charge in [-0.25, -0.2) is 4.98 Å². The van der Waals surface area contributed by atoms with Crippen LogP contribution in [0.4, 0.5) is 11.8 Å². The lowest BCUT2D eigenvalue weighted by Gasteiger charge is -2.29. The number of aryl methyl sites for hydroxylation is 1. The molecule has 0 spiro atoms. The smallest absolute Gasteiger partial charge is 0.334 e. The molecule has 2 aromatic rings. The van der Waals surface area contributed by atoms with E-state index < -0.39 is 24.2 Å². The normalized spacial score (nSPS) is 13.7. The minimum absolute atomic E-state index is 0.105. The minimum atomic E-state index is -3.28. The molecule has 0 aromatic carbocycles. The first-order valence-electron chi connectivity index (χ1n) is 8.71. The van der Waals surface area contributed by atoms with Crippen LogP contribution in [0.5, 0.6) is 0 Å². The van der Waals surface area contributed by atoms with Gasteiger partial charge in [-0.05, 0) is 45.7 Å². The summed E-state index contributed by atoms with van der Waals surface area (Å²) in [5.74, 6) is 1.94. The van der Waals surface area contributed by atoms with E-state index in [9.17, 15) is 4.57 Å². The van der Waals surface area contributed by atoms with Crippen molar-refractivity contribution in [1.29, 1.82) is 0 Å². The van der Waals surface area contributed by atoms with Crippen molar-refractivity contribution in [3.05, 3.63) is 18.2 Å². The standard InChI is InChI=1S/C15H29N6O3PSi2/c1-26(2,3)23-25(22,24-27(4,5)6)10-8-7-9-21-11-18-12-13(16)19-15(17)20-14(12)21/h8,10-11H,7,9H2,1-6H3,(H4,16,17,19,20)/b10-8+. The SMILES string of the molecule is C[Si](C)(C)OP(=O)(/C=C/CCn1cnc2c(N)nc(N)nc21)O[Si](C)(C)C. The first kappa shape index (κ1) is 21.8. The van der Waals surface area contributed by atoms with Gasteiger partial charge in [-0.15, -0.1) is 0 Å². The molecule has 4 N–H and O–H groups in total. The lowest BCUT2D eigenvalue weighted by atomic mass is 10.4. The van der Waals surface area contributed by atoms with Crippen LogP contribution in [-0.4, -0.2) is 36.2 Å². The van der Waals surface area contributed by atoms with Gasteiger partial charge < -0.3 is 24.5 Å². The fourth-order valence-corrected chi connectivity index (χ4v) is 9.89. The van der Waals surface area contributed by atoms with E-state index in [4.69, 9.17) is 19.9 Å². The number of hydrogen-bond acceptors (Lipinski definition) is 8. The number of allylic oxidation sites excluding steroid dienone is 1. The summed E-state index contributed by atoms with van der Waals surface area (Å²) < 4.78 is 26.8. The van der Waals surface area contributed by atoms with Gasteiger partial charge in [-0.3, -0.25) is 4.57 Å². The van der Waals surface area contributed by atoms with Crippen LogP contribution in [0.2, 0.25) is 39.3 Å². The Balaban J connectivity index is 2.13. The van der Waals surface area contributed by atoms with Crippen LogP contribution in [0.3, 0.4) is 0 Å². The molecule has 9 nitrogen and oxygen atoms in total. The fraction of sp³-hybridized carbons (Fsp3) is 0.533. The van der Waals surface area contributed by atoms with E-state index in [1.807, 2.05) is 49.9 Å². The highest BCUT2D eigenvalue weighted by Gasteiger charge is 2.34. The average molecular weight is 429 g/mol. The Morgan fingerprint density at radius 2 is 1.70 bits per heavy atom. The maximum atomic E-state index is 13.2. The maximum absolute atomic E-state index is 13.2. The highest BCUT2D eigenvalue weighted by molar-refractivity contribution is 7.60. The number of hydrogen-bond donors (Lipinski definition) is 2. The van der Waals surface area contributed by atoms with Crippen LogP contribution in [-0.2, 0) is 19.5 Å². The molecule has 0 atom stereocenters. The Kier molecular flexibility index (Phi) is 6.32. The summed E-state index contributed by atoms with van der Waals surface area (Å²) in [6.45, 7) is 12.5. The van der Waals surface area contributed by atoms with E-state index >= 15 is 0 Å². The summed E-state index contributed by atoms with van der Waals surface area (Å²) in [6.07, 6.45) is 4.06. The third-order valence-electron chi connectivity index (χ3n) is 3.14. The van der Waals surface area contributed by atoms with E-state index in [-0.39, 0.29) is 11.8 Å². The fourth-order valence-electron chi connectivity index (χ4n) is 2.41. The molecule has 0 fully saturated rings. The molecule has 0 saturated heterocycles. The molecule has 0 radical (unpaired) electrons. The first-order valence-corrected chi connectivity index (χ1v) is 17.1. The average Bonchev–Trinajstić information content (AvgIpc) is 2.82. The Morgan fingerprint density at radius 3 is 2.26 bits per heavy atom. The van der Waals surface area contributed by atoms with Gasteiger partial charge in [0.05, 0.1) is 6.33 Å². The second kappa shape index (κ2) is 7.84. The van der Waals surface area contributed by atoms with Crippen molar-refractivity contribution in [3.63, 3.8) is 0 Å². The minimum Gasteiger partial charge on any atom is -0.382 e. The third-order valence-corrected chi connectivity index (χ3v) is 10.1. The molecular formula is C15H29N6O3PSi2. The second-order valence-corrected chi connectivity index (χ2v) is 19.5. The van der Waals surface area contributed by atoms with Crippen molar-refractivity contribution < 1.29 is 13.0 Å². The predicted octanol–water partition coefficient (Wildman–Crippen LogP) is 3.79. The maximum Gasteiger partial charge on any atom is 0.334 e. The van der Waals surface area contributed by atoms with E-state index in [1.54, 1.807) is 12.1 Å². The van der Waals surface area contributed by atoms with Crippen molar-refractivity contribution in [2.45, 2.75) is 52.2 Å².